The summed E-state index contributed by atoms with van der Waals surface area (Å²) in [7, 11) is 0. The molecule has 0 saturated heterocycles. The lowest BCUT2D eigenvalue weighted by Crippen LogP contribution is -2.14. The van der Waals surface area contributed by atoms with Crippen LogP contribution in [0.15, 0.2) is 12.1 Å². The van der Waals surface area contributed by atoms with E-state index in [4.69, 9.17) is 0 Å². The van der Waals surface area contributed by atoms with Crippen molar-refractivity contribution in [3.05, 3.63) is 21.9 Å². The zero-order valence-corrected chi connectivity index (χ0v) is 17.2. The van der Waals surface area contributed by atoms with Gasteiger partial charge in [-0.3, -0.25) is 0 Å². The number of unbranched alkanes of at least 4 members (excludes halogenated alkanes) is 2. The topological polar surface area (TPSA) is 0 Å². The normalized spacial score (nSPS) is 21.6. The molecular weight excluding hydrogens is 328 g/mol. The highest BCUT2D eigenvalue weighted by molar-refractivity contribution is 7.27. The summed E-state index contributed by atoms with van der Waals surface area (Å²) in [6.45, 7) is 4.62. The van der Waals surface area contributed by atoms with Gasteiger partial charge in [0.2, 0.25) is 0 Å². The molecule has 24 heavy (non-hydrogen) atoms. The molecule has 0 atom stereocenters. The van der Waals surface area contributed by atoms with E-state index in [1.165, 1.54) is 77.0 Å². The molecule has 2 heterocycles. The quantitative estimate of drug-likeness (QED) is 0.394. The van der Waals surface area contributed by atoms with E-state index >= 15 is 0 Å². The minimum Gasteiger partial charge on any atom is -0.139 e. The molecule has 0 aliphatic heterocycles. The van der Waals surface area contributed by atoms with Gasteiger partial charge < -0.3 is 0 Å². The predicted octanol–water partition coefficient (Wildman–Crippen LogP) is 8.23. The van der Waals surface area contributed by atoms with Crippen molar-refractivity contribution in [3.8, 4) is 0 Å². The van der Waals surface area contributed by atoms with Crippen molar-refractivity contribution in [2.75, 3.05) is 0 Å². The fraction of sp³-hybridized carbons (Fsp3) is 0.727. The van der Waals surface area contributed by atoms with E-state index in [0.717, 1.165) is 11.8 Å². The largest absolute Gasteiger partial charge is 0.139 e. The lowest BCUT2D eigenvalue weighted by atomic mass is 9.78. The van der Waals surface area contributed by atoms with Gasteiger partial charge in [-0.1, -0.05) is 65.2 Å². The van der Waals surface area contributed by atoms with Gasteiger partial charge in [0.1, 0.15) is 0 Å². The number of thiophene rings is 2. The second-order valence-electron chi connectivity index (χ2n) is 7.83. The van der Waals surface area contributed by atoms with Crippen molar-refractivity contribution in [1.29, 1.82) is 0 Å². The monoisotopic (exact) mass is 362 g/mol. The number of hydrogen-bond acceptors (Lipinski definition) is 2. The first-order valence-corrected chi connectivity index (χ1v) is 11.9. The zero-order chi connectivity index (χ0) is 16.8. The summed E-state index contributed by atoms with van der Waals surface area (Å²) in [4.78, 5) is 3.23. The summed E-state index contributed by atoms with van der Waals surface area (Å²) in [5.41, 5.74) is 0. The molecule has 134 valence electrons. The van der Waals surface area contributed by atoms with Crippen molar-refractivity contribution >= 4 is 32.1 Å². The molecule has 2 aromatic heterocycles. The number of aryl methyl sites for hydroxylation is 2. The Labute approximate surface area is 156 Å². The average Bonchev–Trinajstić information content (AvgIpc) is 3.13. The number of fused-ring (bicyclic) bond motifs is 1. The number of hydrogen-bond donors (Lipinski definition) is 0. The molecule has 1 saturated carbocycles. The molecule has 0 bridgehead atoms. The van der Waals surface area contributed by atoms with Crippen LogP contribution in [0.5, 0.6) is 0 Å². The van der Waals surface area contributed by atoms with Gasteiger partial charge in [-0.15, -0.1) is 22.7 Å². The maximum atomic E-state index is 2.50. The molecule has 0 amide bonds. The summed E-state index contributed by atoms with van der Waals surface area (Å²) in [5, 5.41) is 0. The third kappa shape index (κ3) is 5.08. The van der Waals surface area contributed by atoms with Crippen LogP contribution in [0.4, 0.5) is 0 Å². The van der Waals surface area contributed by atoms with E-state index < -0.39 is 0 Å². The molecule has 2 aromatic rings. The van der Waals surface area contributed by atoms with E-state index in [2.05, 4.69) is 37.3 Å². The maximum Gasteiger partial charge on any atom is 0.0456 e. The Hall–Kier alpha value is -0.340. The highest BCUT2D eigenvalue weighted by atomic mass is 32.1. The van der Waals surface area contributed by atoms with Crippen molar-refractivity contribution in [2.45, 2.75) is 90.9 Å². The summed E-state index contributed by atoms with van der Waals surface area (Å²) in [5.74, 6) is 2.05. The van der Waals surface area contributed by atoms with Gasteiger partial charge in [0.05, 0.1) is 0 Å². The first-order valence-electron chi connectivity index (χ1n) is 10.3. The number of rotatable bonds is 9. The van der Waals surface area contributed by atoms with Crippen molar-refractivity contribution < 1.29 is 0 Å². The molecule has 0 N–H and O–H groups in total. The van der Waals surface area contributed by atoms with E-state index in [-0.39, 0.29) is 0 Å². The van der Waals surface area contributed by atoms with Gasteiger partial charge in [-0.25, -0.2) is 0 Å². The van der Waals surface area contributed by atoms with Crippen LogP contribution in [0, 0.1) is 11.8 Å². The Morgan fingerprint density at radius 2 is 1.33 bits per heavy atom. The van der Waals surface area contributed by atoms with Gasteiger partial charge in [-0.05, 0) is 49.7 Å². The standard InChI is InChI=1S/C22H34S2/c1-3-5-6-8-19-15-21-22(23-19)16-20(24-21)14-13-18-11-9-17(7-4-2)10-12-18/h15-18H,3-14H2,1-2H3/t17-,18-. The lowest BCUT2D eigenvalue weighted by molar-refractivity contribution is 0.252. The Balaban J connectivity index is 1.45. The smallest absolute Gasteiger partial charge is 0.0456 e. The van der Waals surface area contributed by atoms with Crippen molar-refractivity contribution in [1.82, 2.24) is 0 Å². The van der Waals surface area contributed by atoms with E-state index in [1.807, 2.05) is 11.3 Å². The summed E-state index contributed by atoms with van der Waals surface area (Å²) in [6, 6.07) is 4.97. The second-order valence-corrected chi connectivity index (χ2v) is 10.2. The third-order valence-electron chi connectivity index (χ3n) is 5.80. The Bertz CT molecular complexity index is 567. The molecule has 2 heteroatoms. The van der Waals surface area contributed by atoms with Crippen LogP contribution in [0.3, 0.4) is 0 Å². The molecule has 3 rings (SSSR count). The lowest BCUT2D eigenvalue weighted by Gasteiger charge is -2.28. The summed E-state index contributed by atoms with van der Waals surface area (Å²) >= 11 is 4.11. The molecule has 0 aromatic carbocycles. The Kier molecular flexibility index (Phi) is 7.21. The van der Waals surface area contributed by atoms with Crippen molar-refractivity contribution in [2.24, 2.45) is 11.8 Å². The Morgan fingerprint density at radius 1 is 0.750 bits per heavy atom. The predicted molar refractivity (Wildman–Crippen MR) is 112 cm³/mol. The first-order chi connectivity index (χ1) is 11.8. The minimum atomic E-state index is 1.00. The average molecular weight is 363 g/mol. The van der Waals surface area contributed by atoms with Crippen LogP contribution in [0.1, 0.15) is 87.8 Å². The molecule has 0 spiro atoms. The van der Waals surface area contributed by atoms with Gasteiger partial charge in [0.25, 0.3) is 0 Å². The fourth-order valence-electron chi connectivity index (χ4n) is 4.29. The van der Waals surface area contributed by atoms with Gasteiger partial charge in [0.15, 0.2) is 0 Å². The molecule has 1 aliphatic rings. The van der Waals surface area contributed by atoms with Crippen LogP contribution >= 0.6 is 22.7 Å². The van der Waals surface area contributed by atoms with Crippen LogP contribution in [0.25, 0.3) is 9.40 Å². The fourth-order valence-corrected chi connectivity index (χ4v) is 6.80. The zero-order valence-electron chi connectivity index (χ0n) is 15.6. The van der Waals surface area contributed by atoms with E-state index in [9.17, 15) is 0 Å². The maximum absolute atomic E-state index is 2.50. The van der Waals surface area contributed by atoms with E-state index in [1.54, 1.807) is 19.2 Å². The van der Waals surface area contributed by atoms with Gasteiger partial charge in [0, 0.05) is 19.2 Å². The van der Waals surface area contributed by atoms with Gasteiger partial charge >= 0.3 is 0 Å². The van der Waals surface area contributed by atoms with Crippen LogP contribution in [-0.4, -0.2) is 0 Å². The highest BCUT2D eigenvalue weighted by Gasteiger charge is 2.20. The SMILES string of the molecule is CCCCCc1cc2sc(CC[C@H]3CC[C@H](CCC)CC3)cc2s1. The molecule has 1 aliphatic carbocycles. The van der Waals surface area contributed by atoms with E-state index in [0.29, 0.717) is 0 Å². The van der Waals surface area contributed by atoms with Crippen LogP contribution < -0.4 is 0 Å². The summed E-state index contributed by atoms with van der Waals surface area (Å²) < 4.78 is 3.10. The van der Waals surface area contributed by atoms with Crippen LogP contribution in [0.2, 0.25) is 0 Å². The molecule has 1 fully saturated rings. The molecule has 0 radical (unpaired) electrons. The minimum absolute atomic E-state index is 1.00. The Morgan fingerprint density at radius 3 is 1.92 bits per heavy atom. The molecule has 0 unspecified atom stereocenters. The highest BCUT2D eigenvalue weighted by Crippen LogP contribution is 2.37. The second kappa shape index (κ2) is 9.38. The van der Waals surface area contributed by atoms with Crippen molar-refractivity contribution in [3.63, 3.8) is 0 Å². The first kappa shape index (κ1) is 18.5. The van der Waals surface area contributed by atoms with Crippen LogP contribution in [-0.2, 0) is 12.8 Å². The summed E-state index contributed by atoms with van der Waals surface area (Å²) in [6.07, 6.45) is 16.9. The molecular formula is C22H34S2. The third-order valence-corrected chi connectivity index (χ3v) is 8.21. The molecule has 0 nitrogen and oxygen atoms in total. The van der Waals surface area contributed by atoms with Gasteiger partial charge in [-0.2, -0.15) is 0 Å².